The van der Waals surface area contributed by atoms with E-state index in [4.69, 9.17) is 4.74 Å². The smallest absolute Gasteiger partial charge is 0.0640 e. The monoisotopic (exact) mass is 251 g/mol. The summed E-state index contributed by atoms with van der Waals surface area (Å²) < 4.78 is 6.56. The highest BCUT2D eigenvalue weighted by Gasteiger charge is 2.62. The molecule has 3 rings (SSSR count). The molecule has 2 heteroatoms. The molecule has 2 bridgehead atoms. The van der Waals surface area contributed by atoms with Crippen molar-refractivity contribution in [1.29, 1.82) is 0 Å². The molecule has 4 unspecified atom stereocenters. The molecule has 0 aromatic rings. The van der Waals surface area contributed by atoms with Gasteiger partial charge in [-0.1, -0.05) is 20.8 Å². The maximum absolute atomic E-state index is 6.56. The predicted molar refractivity (Wildman–Crippen MR) is 74.6 cm³/mol. The van der Waals surface area contributed by atoms with Gasteiger partial charge in [-0.3, -0.25) is 0 Å². The molecular formula is C16H29NO. The Balaban J connectivity index is 1.67. The molecule has 0 amide bonds. The summed E-state index contributed by atoms with van der Waals surface area (Å²) in [4.78, 5) is 0. The zero-order valence-corrected chi connectivity index (χ0v) is 12.3. The van der Waals surface area contributed by atoms with E-state index < -0.39 is 0 Å². The Morgan fingerprint density at radius 3 is 2.56 bits per heavy atom. The lowest BCUT2D eigenvalue weighted by Gasteiger charge is -2.40. The summed E-state index contributed by atoms with van der Waals surface area (Å²) in [6.07, 6.45) is 8.89. The van der Waals surface area contributed by atoms with Crippen molar-refractivity contribution >= 4 is 0 Å². The highest BCUT2D eigenvalue weighted by molar-refractivity contribution is 5.11. The van der Waals surface area contributed by atoms with Gasteiger partial charge in [0.1, 0.15) is 0 Å². The molecule has 0 aromatic heterocycles. The molecule has 2 saturated carbocycles. The summed E-state index contributed by atoms with van der Waals surface area (Å²) in [6.45, 7) is 9.75. The summed E-state index contributed by atoms with van der Waals surface area (Å²) in [6, 6.07) is 0. The standard InChI is InChI=1S/C16H29NO/c1-15(2)12-6-8-16(15,3)14(11-12)18-13-5-4-9-17-10-7-13/h12-14,17H,4-11H2,1-3H3. The molecule has 104 valence electrons. The Morgan fingerprint density at radius 2 is 1.89 bits per heavy atom. The van der Waals surface area contributed by atoms with Crippen LogP contribution in [0, 0.1) is 16.7 Å². The van der Waals surface area contributed by atoms with Crippen LogP contribution in [-0.2, 0) is 4.74 Å². The largest absolute Gasteiger partial charge is 0.374 e. The van der Waals surface area contributed by atoms with Crippen LogP contribution in [-0.4, -0.2) is 25.3 Å². The highest BCUT2D eigenvalue weighted by Crippen LogP contribution is 2.66. The SMILES string of the molecule is CC1(C)C2CCC1(C)C(OC1CCCNCC1)C2. The van der Waals surface area contributed by atoms with Crippen LogP contribution < -0.4 is 5.32 Å². The fourth-order valence-electron chi connectivity index (χ4n) is 4.69. The zero-order chi connectivity index (χ0) is 12.8. The lowest BCUT2D eigenvalue weighted by atomic mass is 9.70. The second-order valence-corrected chi connectivity index (χ2v) is 7.54. The third-order valence-corrected chi connectivity index (χ3v) is 6.59. The summed E-state index contributed by atoms with van der Waals surface area (Å²) in [5.74, 6) is 0.899. The third kappa shape index (κ3) is 1.84. The molecule has 1 aliphatic heterocycles. The first-order valence-corrected chi connectivity index (χ1v) is 7.90. The molecular weight excluding hydrogens is 222 g/mol. The molecule has 2 aliphatic carbocycles. The van der Waals surface area contributed by atoms with Crippen LogP contribution in [0.25, 0.3) is 0 Å². The van der Waals surface area contributed by atoms with Crippen molar-refractivity contribution in [1.82, 2.24) is 5.32 Å². The van der Waals surface area contributed by atoms with Gasteiger partial charge in [0.15, 0.2) is 0 Å². The number of fused-ring (bicyclic) bond motifs is 2. The maximum atomic E-state index is 6.56. The van der Waals surface area contributed by atoms with E-state index in [2.05, 4.69) is 26.1 Å². The molecule has 3 aliphatic rings. The van der Waals surface area contributed by atoms with Crippen LogP contribution in [0.5, 0.6) is 0 Å². The van der Waals surface area contributed by atoms with Crippen molar-refractivity contribution in [2.45, 2.75) is 71.5 Å². The molecule has 4 atom stereocenters. The molecule has 0 aromatic carbocycles. The number of hydrogen-bond donors (Lipinski definition) is 1. The zero-order valence-electron chi connectivity index (χ0n) is 12.3. The van der Waals surface area contributed by atoms with Crippen LogP contribution in [0.3, 0.4) is 0 Å². The minimum atomic E-state index is 0.428. The first kappa shape index (κ1) is 12.9. The molecule has 1 N–H and O–H groups in total. The molecule has 0 spiro atoms. The first-order chi connectivity index (χ1) is 8.54. The number of rotatable bonds is 2. The van der Waals surface area contributed by atoms with Crippen LogP contribution in [0.1, 0.15) is 59.3 Å². The Bertz CT molecular complexity index is 306. The van der Waals surface area contributed by atoms with E-state index in [1.165, 1.54) is 45.1 Å². The second-order valence-electron chi connectivity index (χ2n) is 7.54. The van der Waals surface area contributed by atoms with Gasteiger partial charge in [-0.15, -0.1) is 0 Å². The number of hydrogen-bond acceptors (Lipinski definition) is 2. The van der Waals surface area contributed by atoms with Crippen molar-refractivity contribution in [2.24, 2.45) is 16.7 Å². The quantitative estimate of drug-likeness (QED) is 0.812. The van der Waals surface area contributed by atoms with E-state index in [0.29, 0.717) is 23.0 Å². The summed E-state index contributed by atoms with van der Waals surface area (Å²) >= 11 is 0. The van der Waals surface area contributed by atoms with Gasteiger partial charge in [-0.2, -0.15) is 0 Å². The predicted octanol–water partition coefficient (Wildman–Crippen LogP) is 3.36. The molecule has 1 heterocycles. The number of nitrogens with one attached hydrogen (secondary N) is 1. The van der Waals surface area contributed by atoms with Gasteiger partial charge >= 0.3 is 0 Å². The van der Waals surface area contributed by atoms with E-state index in [1.807, 2.05) is 0 Å². The van der Waals surface area contributed by atoms with Crippen LogP contribution in [0.15, 0.2) is 0 Å². The maximum Gasteiger partial charge on any atom is 0.0640 e. The minimum absolute atomic E-state index is 0.428. The van der Waals surface area contributed by atoms with Crippen LogP contribution in [0.4, 0.5) is 0 Å². The highest BCUT2D eigenvalue weighted by atomic mass is 16.5. The van der Waals surface area contributed by atoms with Gasteiger partial charge in [-0.05, 0) is 68.4 Å². The van der Waals surface area contributed by atoms with Crippen molar-refractivity contribution in [3.63, 3.8) is 0 Å². The fraction of sp³-hybridized carbons (Fsp3) is 1.00. The van der Waals surface area contributed by atoms with E-state index in [1.54, 1.807) is 0 Å². The summed E-state index contributed by atoms with van der Waals surface area (Å²) in [5.41, 5.74) is 0.915. The fourth-order valence-corrected chi connectivity index (χ4v) is 4.69. The molecule has 2 nitrogen and oxygen atoms in total. The number of ether oxygens (including phenoxy) is 1. The van der Waals surface area contributed by atoms with E-state index in [-0.39, 0.29) is 0 Å². The Hall–Kier alpha value is -0.0800. The van der Waals surface area contributed by atoms with Crippen molar-refractivity contribution in [3.8, 4) is 0 Å². The molecule has 18 heavy (non-hydrogen) atoms. The Kier molecular flexibility index (Phi) is 3.22. The van der Waals surface area contributed by atoms with Crippen molar-refractivity contribution in [2.75, 3.05) is 13.1 Å². The van der Waals surface area contributed by atoms with E-state index >= 15 is 0 Å². The molecule has 1 saturated heterocycles. The van der Waals surface area contributed by atoms with Gasteiger partial charge in [0, 0.05) is 0 Å². The lowest BCUT2D eigenvalue weighted by molar-refractivity contribution is -0.0892. The van der Waals surface area contributed by atoms with Crippen molar-refractivity contribution < 1.29 is 4.74 Å². The summed E-state index contributed by atoms with van der Waals surface area (Å²) in [5, 5.41) is 3.48. The van der Waals surface area contributed by atoms with Gasteiger partial charge < -0.3 is 10.1 Å². The van der Waals surface area contributed by atoms with Crippen molar-refractivity contribution in [3.05, 3.63) is 0 Å². The van der Waals surface area contributed by atoms with Gasteiger partial charge in [0.2, 0.25) is 0 Å². The second kappa shape index (κ2) is 4.49. The van der Waals surface area contributed by atoms with Crippen LogP contribution >= 0.6 is 0 Å². The van der Waals surface area contributed by atoms with Crippen LogP contribution in [0.2, 0.25) is 0 Å². The minimum Gasteiger partial charge on any atom is -0.374 e. The van der Waals surface area contributed by atoms with Gasteiger partial charge in [0.05, 0.1) is 12.2 Å². The Morgan fingerprint density at radius 1 is 1.06 bits per heavy atom. The average Bonchev–Trinajstić information content (AvgIpc) is 2.62. The lowest BCUT2D eigenvalue weighted by Crippen LogP contribution is -2.39. The topological polar surface area (TPSA) is 21.3 Å². The normalized spacial score (nSPS) is 47.2. The summed E-state index contributed by atoms with van der Waals surface area (Å²) in [7, 11) is 0. The van der Waals surface area contributed by atoms with Gasteiger partial charge in [0.25, 0.3) is 0 Å². The average molecular weight is 251 g/mol. The van der Waals surface area contributed by atoms with E-state index in [9.17, 15) is 0 Å². The third-order valence-electron chi connectivity index (χ3n) is 6.59. The van der Waals surface area contributed by atoms with E-state index in [0.717, 1.165) is 12.5 Å². The van der Waals surface area contributed by atoms with Gasteiger partial charge in [-0.25, -0.2) is 0 Å². The molecule has 3 fully saturated rings. The Labute approximate surface area is 112 Å². The molecule has 0 radical (unpaired) electrons. The first-order valence-electron chi connectivity index (χ1n) is 7.90.